The summed E-state index contributed by atoms with van der Waals surface area (Å²) in [6.45, 7) is 0.318. The lowest BCUT2D eigenvalue weighted by Crippen LogP contribution is -2.39. The number of carbonyl (C=O) groups is 3. The Hall–Kier alpha value is -2.70. The number of carboxylic acid groups (broad SMARTS) is 1. The molecule has 1 aromatic rings. The minimum atomic E-state index is -1.26. The van der Waals surface area contributed by atoms with Gasteiger partial charge in [0, 0.05) is 37.0 Å². The number of imide groups is 1. The van der Waals surface area contributed by atoms with Gasteiger partial charge in [-0.25, -0.2) is 9.59 Å². The first kappa shape index (κ1) is 14.4. The monoisotopic (exact) mass is 263 g/mol. The molecule has 0 aliphatic rings. The maximum Gasteiger partial charge on any atom is 0.328 e. The molecule has 0 aromatic carbocycles. The third kappa shape index (κ3) is 6.57. The SMILES string of the molecule is O=C(O)/C=C/C(=O)NC(=O)NCCc1ccccn1. The highest BCUT2D eigenvalue weighted by molar-refractivity contribution is 6.02. The quantitative estimate of drug-likeness (QED) is 0.652. The standard InChI is InChI=1S/C12H13N3O4/c16-10(4-5-11(17)18)15-12(19)14-8-6-9-3-1-2-7-13-9/h1-5,7H,6,8H2,(H,17,18)(H2,14,15,16,19)/b5-4+. The van der Waals surface area contributed by atoms with E-state index in [0.717, 1.165) is 11.8 Å². The van der Waals surface area contributed by atoms with Crippen molar-refractivity contribution in [2.75, 3.05) is 6.54 Å². The van der Waals surface area contributed by atoms with Gasteiger partial charge in [0.05, 0.1) is 0 Å². The largest absolute Gasteiger partial charge is 0.478 e. The zero-order valence-corrected chi connectivity index (χ0v) is 10.00. The van der Waals surface area contributed by atoms with Crippen LogP contribution in [0.15, 0.2) is 36.5 Å². The second-order valence-electron chi connectivity index (χ2n) is 3.49. The number of rotatable bonds is 5. The predicted octanol–water partition coefficient (Wildman–Crippen LogP) is 0.0907. The Morgan fingerprint density at radius 1 is 1.26 bits per heavy atom. The smallest absolute Gasteiger partial charge is 0.328 e. The Labute approximate surface area is 109 Å². The van der Waals surface area contributed by atoms with Crippen LogP contribution in [0.4, 0.5) is 4.79 Å². The number of nitrogens with zero attached hydrogens (tertiary/aromatic N) is 1. The lowest BCUT2D eigenvalue weighted by molar-refractivity contribution is -0.131. The van der Waals surface area contributed by atoms with Crippen molar-refractivity contribution in [1.29, 1.82) is 0 Å². The summed E-state index contributed by atoms with van der Waals surface area (Å²) in [5.41, 5.74) is 0.819. The first-order valence-electron chi connectivity index (χ1n) is 5.47. The molecule has 19 heavy (non-hydrogen) atoms. The molecule has 1 heterocycles. The van der Waals surface area contributed by atoms with Crippen LogP contribution in [-0.2, 0) is 16.0 Å². The van der Waals surface area contributed by atoms with Crippen LogP contribution in [0.25, 0.3) is 0 Å². The van der Waals surface area contributed by atoms with E-state index in [9.17, 15) is 14.4 Å². The fraction of sp³-hybridized carbons (Fsp3) is 0.167. The van der Waals surface area contributed by atoms with E-state index in [-0.39, 0.29) is 0 Å². The van der Waals surface area contributed by atoms with Crippen molar-refractivity contribution in [3.8, 4) is 0 Å². The summed E-state index contributed by atoms with van der Waals surface area (Å²) < 4.78 is 0. The molecule has 7 nitrogen and oxygen atoms in total. The number of pyridine rings is 1. The second kappa shape index (κ2) is 7.59. The number of aromatic nitrogens is 1. The van der Waals surface area contributed by atoms with Crippen molar-refractivity contribution in [3.63, 3.8) is 0 Å². The van der Waals surface area contributed by atoms with Crippen LogP contribution >= 0.6 is 0 Å². The first-order chi connectivity index (χ1) is 9.08. The predicted molar refractivity (Wildman–Crippen MR) is 66.3 cm³/mol. The highest BCUT2D eigenvalue weighted by Crippen LogP contribution is 1.92. The van der Waals surface area contributed by atoms with Crippen LogP contribution in [0.1, 0.15) is 5.69 Å². The van der Waals surface area contributed by atoms with Gasteiger partial charge in [0.2, 0.25) is 0 Å². The van der Waals surface area contributed by atoms with E-state index in [1.165, 1.54) is 0 Å². The van der Waals surface area contributed by atoms with Gasteiger partial charge < -0.3 is 10.4 Å². The van der Waals surface area contributed by atoms with Crippen molar-refractivity contribution in [1.82, 2.24) is 15.6 Å². The third-order valence-corrected chi connectivity index (χ3v) is 2.01. The van der Waals surface area contributed by atoms with Crippen LogP contribution in [0.2, 0.25) is 0 Å². The number of carbonyl (C=O) groups excluding carboxylic acids is 2. The van der Waals surface area contributed by atoms with Gasteiger partial charge in [0.25, 0.3) is 5.91 Å². The molecule has 0 radical (unpaired) electrons. The van der Waals surface area contributed by atoms with Gasteiger partial charge in [-0.3, -0.25) is 15.1 Å². The van der Waals surface area contributed by atoms with Crippen LogP contribution in [-0.4, -0.2) is 34.5 Å². The van der Waals surface area contributed by atoms with Crippen molar-refractivity contribution in [2.24, 2.45) is 0 Å². The Morgan fingerprint density at radius 3 is 2.68 bits per heavy atom. The number of hydrogen-bond acceptors (Lipinski definition) is 4. The van der Waals surface area contributed by atoms with Gasteiger partial charge in [0.1, 0.15) is 0 Å². The Bertz CT molecular complexity index is 485. The number of aliphatic carboxylic acids is 1. The van der Waals surface area contributed by atoms with E-state index in [0.29, 0.717) is 19.0 Å². The van der Waals surface area contributed by atoms with Crippen LogP contribution in [0, 0.1) is 0 Å². The number of hydrogen-bond donors (Lipinski definition) is 3. The van der Waals surface area contributed by atoms with Gasteiger partial charge in [-0.2, -0.15) is 0 Å². The average molecular weight is 263 g/mol. The average Bonchev–Trinajstić information content (AvgIpc) is 2.37. The second-order valence-corrected chi connectivity index (χ2v) is 3.49. The van der Waals surface area contributed by atoms with Gasteiger partial charge in [0.15, 0.2) is 0 Å². The molecule has 0 atom stereocenters. The summed E-state index contributed by atoms with van der Waals surface area (Å²) in [6.07, 6.45) is 3.60. The lowest BCUT2D eigenvalue weighted by atomic mass is 10.3. The zero-order chi connectivity index (χ0) is 14.1. The Kier molecular flexibility index (Phi) is 5.74. The molecule has 0 bridgehead atoms. The number of nitrogens with one attached hydrogen (secondary N) is 2. The summed E-state index contributed by atoms with van der Waals surface area (Å²) in [7, 11) is 0. The molecule has 1 aromatic heterocycles. The molecule has 7 heteroatoms. The van der Waals surface area contributed by atoms with Gasteiger partial charge in [-0.1, -0.05) is 6.07 Å². The maximum absolute atomic E-state index is 11.2. The molecule has 0 aliphatic carbocycles. The van der Waals surface area contributed by atoms with Crippen molar-refractivity contribution in [3.05, 3.63) is 42.2 Å². The minimum Gasteiger partial charge on any atom is -0.478 e. The van der Waals surface area contributed by atoms with E-state index >= 15 is 0 Å². The summed E-state index contributed by atoms with van der Waals surface area (Å²) in [4.78, 5) is 36.5. The molecule has 1 rings (SSSR count). The van der Waals surface area contributed by atoms with Crippen molar-refractivity contribution >= 4 is 17.9 Å². The van der Waals surface area contributed by atoms with Crippen LogP contribution < -0.4 is 10.6 Å². The van der Waals surface area contributed by atoms with E-state index in [1.54, 1.807) is 12.3 Å². The van der Waals surface area contributed by atoms with E-state index in [2.05, 4.69) is 10.3 Å². The molecular weight excluding hydrogens is 250 g/mol. The highest BCUT2D eigenvalue weighted by atomic mass is 16.4. The van der Waals surface area contributed by atoms with Gasteiger partial charge >= 0.3 is 12.0 Å². The number of urea groups is 1. The fourth-order valence-corrected chi connectivity index (χ4v) is 1.19. The van der Waals surface area contributed by atoms with Crippen LogP contribution in [0.3, 0.4) is 0 Å². The lowest BCUT2D eigenvalue weighted by Gasteiger charge is -2.04. The molecule has 0 fully saturated rings. The van der Waals surface area contributed by atoms with Crippen molar-refractivity contribution < 1.29 is 19.5 Å². The first-order valence-corrected chi connectivity index (χ1v) is 5.47. The Morgan fingerprint density at radius 2 is 2.05 bits per heavy atom. The molecule has 0 saturated carbocycles. The topological polar surface area (TPSA) is 108 Å². The molecule has 3 N–H and O–H groups in total. The van der Waals surface area contributed by atoms with E-state index in [1.807, 2.05) is 17.4 Å². The number of amides is 3. The minimum absolute atomic E-state index is 0.318. The molecule has 100 valence electrons. The van der Waals surface area contributed by atoms with E-state index in [4.69, 9.17) is 5.11 Å². The normalized spacial score (nSPS) is 10.1. The molecule has 0 saturated heterocycles. The zero-order valence-electron chi connectivity index (χ0n) is 10.00. The maximum atomic E-state index is 11.2. The third-order valence-electron chi connectivity index (χ3n) is 2.01. The Balaban J connectivity index is 2.25. The van der Waals surface area contributed by atoms with Gasteiger partial charge in [-0.05, 0) is 12.1 Å². The summed E-state index contributed by atoms with van der Waals surface area (Å²) in [5.74, 6) is -2.05. The molecule has 3 amide bonds. The molecular formula is C12H13N3O4. The molecule has 0 spiro atoms. The summed E-state index contributed by atoms with van der Waals surface area (Å²) >= 11 is 0. The van der Waals surface area contributed by atoms with E-state index < -0.39 is 17.9 Å². The van der Waals surface area contributed by atoms with Gasteiger partial charge in [-0.15, -0.1) is 0 Å². The van der Waals surface area contributed by atoms with Crippen LogP contribution in [0.5, 0.6) is 0 Å². The molecule has 0 unspecified atom stereocenters. The fourth-order valence-electron chi connectivity index (χ4n) is 1.19. The highest BCUT2D eigenvalue weighted by Gasteiger charge is 2.04. The van der Waals surface area contributed by atoms with Crippen molar-refractivity contribution in [2.45, 2.75) is 6.42 Å². The number of carboxylic acids is 1. The summed E-state index contributed by atoms with van der Waals surface area (Å²) in [6, 6.07) is 4.76. The molecule has 0 aliphatic heterocycles. The summed E-state index contributed by atoms with van der Waals surface area (Å²) in [5, 5.41) is 12.7.